The summed E-state index contributed by atoms with van der Waals surface area (Å²) in [5.41, 5.74) is -2.99. The van der Waals surface area contributed by atoms with Gasteiger partial charge in [-0.2, -0.15) is 0 Å². The van der Waals surface area contributed by atoms with Crippen molar-refractivity contribution >= 4 is 17.7 Å². The van der Waals surface area contributed by atoms with Gasteiger partial charge in [-0.3, -0.25) is 4.90 Å². The molecule has 2 bridgehead atoms. The third kappa shape index (κ3) is 1.76. The van der Waals surface area contributed by atoms with Crippen LogP contribution in [0.3, 0.4) is 0 Å². The van der Waals surface area contributed by atoms with Gasteiger partial charge < -0.3 is 24.4 Å². The lowest BCUT2D eigenvalue weighted by Gasteiger charge is -2.72. The van der Waals surface area contributed by atoms with Crippen LogP contribution in [0.15, 0.2) is 24.3 Å². The molecular weight excluding hydrogens is 400 g/mol. The minimum atomic E-state index is -1.92. The average Bonchev–Trinajstić information content (AvgIpc) is 3.24. The van der Waals surface area contributed by atoms with Gasteiger partial charge >= 0.3 is 12.1 Å². The zero-order valence-corrected chi connectivity index (χ0v) is 17.9. The number of carbonyl (C=O) groups excluding carboxylic acids is 2. The van der Waals surface area contributed by atoms with E-state index in [0.29, 0.717) is 38.0 Å². The van der Waals surface area contributed by atoms with Crippen molar-refractivity contribution in [3.05, 3.63) is 35.0 Å². The molecule has 3 aliphatic heterocycles. The van der Waals surface area contributed by atoms with Crippen molar-refractivity contribution in [1.29, 1.82) is 0 Å². The number of methoxy groups -OCH3 is 2. The van der Waals surface area contributed by atoms with E-state index in [1.54, 1.807) is 0 Å². The van der Waals surface area contributed by atoms with Gasteiger partial charge in [-0.05, 0) is 37.3 Å². The van der Waals surface area contributed by atoms with Gasteiger partial charge in [0.1, 0.15) is 11.6 Å². The van der Waals surface area contributed by atoms with Crippen molar-refractivity contribution in [3.63, 3.8) is 0 Å². The second-order valence-electron chi connectivity index (χ2n) is 10.2. The molecule has 8 nitrogen and oxygen atoms in total. The molecule has 3 aliphatic carbocycles. The normalized spacial score (nSPS) is 46.2. The summed E-state index contributed by atoms with van der Waals surface area (Å²) in [5.74, 6) is -0.729. The number of amides is 1. The molecule has 3 heterocycles. The van der Waals surface area contributed by atoms with Crippen molar-refractivity contribution in [1.82, 2.24) is 0 Å². The lowest BCUT2D eigenvalue weighted by molar-refractivity contribution is -0.912. The van der Waals surface area contributed by atoms with E-state index in [9.17, 15) is 19.9 Å². The number of para-hydroxylation sites is 1. The summed E-state index contributed by atoms with van der Waals surface area (Å²) >= 11 is 0. The minimum Gasteiger partial charge on any atom is -0.633 e. The molecule has 6 aliphatic rings. The summed E-state index contributed by atoms with van der Waals surface area (Å²) < 4.78 is 10.1. The number of hydrogen-bond acceptors (Lipinski definition) is 6. The molecule has 3 saturated carbocycles. The highest BCUT2D eigenvalue weighted by atomic mass is 16.6. The first-order valence-electron chi connectivity index (χ1n) is 11.1. The number of nitrogens with zero attached hydrogens (tertiary/aromatic N) is 2. The molecule has 1 N–H and O–H groups in total. The number of piperidine rings is 1. The Labute approximate surface area is 180 Å². The number of rotatable bonds is 1. The molecular formula is C23H28N2O6. The van der Waals surface area contributed by atoms with Crippen LogP contribution in [0.25, 0.3) is 0 Å². The van der Waals surface area contributed by atoms with E-state index >= 15 is 0 Å². The van der Waals surface area contributed by atoms with Crippen LogP contribution in [0.4, 0.5) is 10.5 Å². The third-order valence-corrected chi connectivity index (χ3v) is 9.52. The Hall–Kier alpha value is -2.16. The second-order valence-corrected chi connectivity index (χ2v) is 10.2. The van der Waals surface area contributed by atoms with E-state index in [0.717, 1.165) is 18.4 Å². The monoisotopic (exact) mass is 428 g/mol. The predicted octanol–water partition coefficient (Wildman–Crippen LogP) is 2.22. The maximum atomic E-state index is 14.2. The number of esters is 1. The summed E-state index contributed by atoms with van der Waals surface area (Å²) in [5, 5.41) is 26.5. The van der Waals surface area contributed by atoms with Crippen molar-refractivity contribution in [3.8, 4) is 0 Å². The van der Waals surface area contributed by atoms with Crippen LogP contribution in [0.5, 0.6) is 0 Å². The van der Waals surface area contributed by atoms with Crippen LogP contribution in [0, 0.1) is 10.6 Å². The summed E-state index contributed by atoms with van der Waals surface area (Å²) in [6.45, 7) is 0.968. The SMILES string of the molecule is COC(=O)N1c2ccccc2[C@@]23CC[N+]4([O-])CCC[C@]5(CC[C@]12[C@](O)(C(=O)OC)C5)[C@@H]34. The third-order valence-electron chi connectivity index (χ3n) is 9.52. The van der Waals surface area contributed by atoms with E-state index in [-0.39, 0.29) is 17.1 Å². The molecule has 1 unspecified atom stereocenters. The van der Waals surface area contributed by atoms with Gasteiger partial charge in [-0.1, -0.05) is 18.2 Å². The zero-order chi connectivity index (χ0) is 21.9. The topological polar surface area (TPSA) is 99.1 Å². The highest BCUT2D eigenvalue weighted by Crippen LogP contribution is 2.78. The van der Waals surface area contributed by atoms with Gasteiger partial charge in [-0.15, -0.1) is 0 Å². The molecule has 0 aromatic heterocycles. The largest absolute Gasteiger partial charge is 0.633 e. The first-order valence-corrected chi connectivity index (χ1v) is 11.1. The predicted molar refractivity (Wildman–Crippen MR) is 110 cm³/mol. The number of quaternary nitrogens is 1. The summed E-state index contributed by atoms with van der Waals surface area (Å²) in [6.07, 6.45) is 2.75. The number of carbonyl (C=O) groups is 2. The molecule has 0 radical (unpaired) electrons. The number of hydroxylamine groups is 3. The molecule has 1 aromatic rings. The number of benzene rings is 1. The van der Waals surface area contributed by atoms with E-state index in [2.05, 4.69) is 0 Å². The van der Waals surface area contributed by atoms with Crippen LogP contribution in [-0.2, 0) is 19.7 Å². The quantitative estimate of drug-likeness (QED) is 0.418. The smallest absolute Gasteiger partial charge is 0.414 e. The fourth-order valence-electron chi connectivity index (χ4n) is 8.99. The highest BCUT2D eigenvalue weighted by molar-refractivity contribution is 5.99. The van der Waals surface area contributed by atoms with Gasteiger partial charge in [0, 0.05) is 18.3 Å². The second kappa shape index (κ2) is 5.60. The molecule has 1 aromatic carbocycles. The molecule has 1 amide bonds. The Morgan fingerprint density at radius 1 is 1.13 bits per heavy atom. The first kappa shape index (κ1) is 19.5. The minimum absolute atomic E-state index is 0.142. The van der Waals surface area contributed by atoms with E-state index < -0.39 is 34.0 Å². The van der Waals surface area contributed by atoms with Crippen LogP contribution >= 0.6 is 0 Å². The fourth-order valence-corrected chi connectivity index (χ4v) is 8.99. The van der Waals surface area contributed by atoms with Gasteiger partial charge in [-0.25, -0.2) is 9.59 Å². The number of aliphatic hydroxyl groups is 1. The van der Waals surface area contributed by atoms with Gasteiger partial charge in [0.15, 0.2) is 5.60 Å². The van der Waals surface area contributed by atoms with Gasteiger partial charge in [0.05, 0.1) is 38.4 Å². The van der Waals surface area contributed by atoms with E-state index in [4.69, 9.17) is 9.47 Å². The number of ether oxygens (including phenoxy) is 2. The number of hydrogen-bond donors (Lipinski definition) is 1. The maximum Gasteiger partial charge on any atom is 0.414 e. The standard InChI is InChI=1S/C23H28N2O6/c1-30-18(26)22(28)14-20-8-5-12-25(29)13-11-21(17(20)25)15-6-3-4-7-16(15)24(19(27)31-2)23(21,22)10-9-20/h3-4,6-7,17,28H,5,8-14H2,1-2H3/t17-,20+,21+,22+,23-,25?/m0/s1. The van der Waals surface area contributed by atoms with Crippen LogP contribution in [-0.4, -0.2) is 66.3 Å². The molecule has 5 fully saturated rings. The number of fused-ring (bicyclic) bond motifs is 3. The maximum absolute atomic E-state index is 14.2. The molecule has 166 valence electrons. The molecule has 3 spiro atoms. The van der Waals surface area contributed by atoms with Crippen molar-refractivity contribution in [2.75, 3.05) is 32.2 Å². The summed E-state index contributed by atoms with van der Waals surface area (Å²) in [4.78, 5) is 28.1. The Morgan fingerprint density at radius 3 is 2.65 bits per heavy atom. The lowest BCUT2D eigenvalue weighted by Crippen LogP contribution is -2.87. The Morgan fingerprint density at radius 2 is 1.90 bits per heavy atom. The van der Waals surface area contributed by atoms with Crippen molar-refractivity contribution in [2.24, 2.45) is 5.41 Å². The summed E-state index contributed by atoms with van der Waals surface area (Å²) in [6, 6.07) is 7.26. The van der Waals surface area contributed by atoms with Crippen LogP contribution in [0.2, 0.25) is 0 Å². The zero-order valence-electron chi connectivity index (χ0n) is 17.9. The molecule has 2 saturated heterocycles. The van der Waals surface area contributed by atoms with E-state index in [1.165, 1.54) is 19.1 Å². The Kier molecular flexibility index (Phi) is 3.53. The van der Waals surface area contributed by atoms with Crippen LogP contribution in [0.1, 0.15) is 44.1 Å². The fraction of sp³-hybridized carbons (Fsp3) is 0.652. The average molecular weight is 428 g/mol. The Bertz CT molecular complexity index is 1020. The Balaban J connectivity index is 1.75. The highest BCUT2D eigenvalue weighted by Gasteiger charge is 2.89. The van der Waals surface area contributed by atoms with Crippen LogP contribution < -0.4 is 4.90 Å². The van der Waals surface area contributed by atoms with Gasteiger partial charge in [0.25, 0.3) is 0 Å². The summed E-state index contributed by atoms with van der Waals surface area (Å²) in [7, 11) is 2.58. The van der Waals surface area contributed by atoms with Gasteiger partial charge in [0.2, 0.25) is 0 Å². The van der Waals surface area contributed by atoms with Crippen molar-refractivity contribution in [2.45, 2.75) is 61.1 Å². The van der Waals surface area contributed by atoms with E-state index in [1.807, 2.05) is 24.3 Å². The molecule has 7 rings (SSSR count). The molecule has 31 heavy (non-hydrogen) atoms. The number of anilines is 1. The molecule has 6 atom stereocenters. The lowest BCUT2D eigenvalue weighted by atomic mass is 9.37. The molecule has 8 heteroatoms. The first-order chi connectivity index (χ1) is 14.8. The van der Waals surface area contributed by atoms with Crippen molar-refractivity contribution < 1.29 is 28.8 Å².